The summed E-state index contributed by atoms with van der Waals surface area (Å²) in [6.07, 6.45) is 16.6. The molecule has 2 aromatic carbocycles. The van der Waals surface area contributed by atoms with Crippen LogP contribution >= 0.6 is 0 Å². The zero-order valence-corrected chi connectivity index (χ0v) is 26.3. The Morgan fingerprint density at radius 2 is 1.35 bits per heavy atom. The van der Waals surface area contributed by atoms with Gasteiger partial charge in [0.2, 0.25) is 6.29 Å². The van der Waals surface area contributed by atoms with E-state index in [9.17, 15) is 4.79 Å². The van der Waals surface area contributed by atoms with Crippen molar-refractivity contribution in [1.82, 2.24) is 0 Å². The maximum atomic E-state index is 12.9. The highest BCUT2D eigenvalue weighted by molar-refractivity contribution is 5.72. The van der Waals surface area contributed by atoms with E-state index in [-0.39, 0.29) is 11.9 Å². The quantitative estimate of drug-likeness (QED) is 0.0631. The minimum Gasteiger partial charge on any atom is -0.455 e. The molecular weight excluding hydrogens is 494 g/mol. The van der Waals surface area contributed by atoms with Gasteiger partial charge in [-0.15, -0.1) is 0 Å². The van der Waals surface area contributed by atoms with E-state index < -0.39 is 6.29 Å². The van der Waals surface area contributed by atoms with E-state index in [2.05, 4.69) is 57.4 Å². The van der Waals surface area contributed by atoms with Gasteiger partial charge in [0.1, 0.15) is 12.3 Å². The highest BCUT2D eigenvalue weighted by atomic mass is 16.7. The second kappa shape index (κ2) is 19.7. The minimum atomic E-state index is -0.555. The number of ether oxygens (including phenoxy) is 2. The standard InChI is InChI=1S/C36H58NO3/c1-6-8-9-10-11-12-13-14-15-16-20-25-33-26-21-22-27-34(33)39-35(7-2)40-36(38)31(3)28-29-37(4,5)30-32-23-18-17-19-24-32/h17-19,21-24,26-27,31,35H,6-16,20,25,28-30H2,1-5H3/q+1. The number of para-hydroxylation sites is 1. The van der Waals surface area contributed by atoms with Gasteiger partial charge in [-0.05, 0) is 24.5 Å². The summed E-state index contributed by atoms with van der Waals surface area (Å²) in [5.41, 5.74) is 2.52. The van der Waals surface area contributed by atoms with Crippen LogP contribution in [-0.4, -0.2) is 37.4 Å². The molecule has 2 unspecified atom stereocenters. The van der Waals surface area contributed by atoms with E-state index in [0.717, 1.165) is 36.2 Å². The highest BCUT2D eigenvalue weighted by Gasteiger charge is 2.24. The molecule has 2 rings (SSSR count). The molecule has 224 valence electrons. The van der Waals surface area contributed by atoms with Crippen LogP contribution in [0.2, 0.25) is 0 Å². The Labute approximate surface area is 246 Å². The smallest absolute Gasteiger partial charge is 0.311 e. The van der Waals surface area contributed by atoms with Gasteiger partial charge < -0.3 is 14.0 Å². The fourth-order valence-corrected chi connectivity index (χ4v) is 5.20. The number of benzene rings is 2. The van der Waals surface area contributed by atoms with Crippen LogP contribution in [0.25, 0.3) is 0 Å². The van der Waals surface area contributed by atoms with Crippen LogP contribution in [0.1, 0.15) is 115 Å². The monoisotopic (exact) mass is 552 g/mol. The second-order valence-corrected chi connectivity index (χ2v) is 12.3. The number of unbranched alkanes of at least 4 members (excludes halogenated alkanes) is 10. The summed E-state index contributed by atoms with van der Waals surface area (Å²) >= 11 is 0. The van der Waals surface area contributed by atoms with Crippen LogP contribution in [-0.2, 0) is 22.5 Å². The topological polar surface area (TPSA) is 35.5 Å². The van der Waals surface area contributed by atoms with Gasteiger partial charge in [-0.25, -0.2) is 0 Å². The van der Waals surface area contributed by atoms with Crippen LogP contribution < -0.4 is 4.74 Å². The number of hydrogen-bond donors (Lipinski definition) is 0. The molecule has 0 bridgehead atoms. The molecule has 2 aromatic rings. The molecule has 4 heteroatoms. The predicted molar refractivity (Wildman–Crippen MR) is 168 cm³/mol. The summed E-state index contributed by atoms with van der Waals surface area (Å²) in [6.45, 7) is 8.11. The largest absolute Gasteiger partial charge is 0.455 e. The normalized spacial score (nSPS) is 13.1. The number of hydrogen-bond acceptors (Lipinski definition) is 3. The summed E-state index contributed by atoms with van der Waals surface area (Å²) in [4.78, 5) is 12.9. The molecular formula is C36H58NO3+. The lowest BCUT2D eigenvalue weighted by Crippen LogP contribution is -2.41. The molecule has 0 fully saturated rings. The van der Waals surface area contributed by atoms with Gasteiger partial charge in [-0.1, -0.05) is 134 Å². The Kier molecular flexibility index (Phi) is 16.7. The highest BCUT2D eigenvalue weighted by Crippen LogP contribution is 2.24. The summed E-state index contributed by atoms with van der Waals surface area (Å²) < 4.78 is 12.9. The third-order valence-corrected chi connectivity index (χ3v) is 7.88. The number of nitrogens with zero attached hydrogens (tertiary/aromatic N) is 1. The first kappa shape index (κ1) is 33.9. The first-order valence-electron chi connectivity index (χ1n) is 16.2. The molecule has 0 aliphatic rings. The van der Waals surface area contributed by atoms with Gasteiger partial charge in [0.15, 0.2) is 0 Å². The van der Waals surface area contributed by atoms with Gasteiger partial charge >= 0.3 is 5.97 Å². The predicted octanol–water partition coefficient (Wildman–Crippen LogP) is 9.50. The summed E-state index contributed by atoms with van der Waals surface area (Å²) in [6, 6.07) is 18.8. The van der Waals surface area contributed by atoms with E-state index in [4.69, 9.17) is 9.47 Å². The van der Waals surface area contributed by atoms with Crippen LogP contribution in [0, 0.1) is 5.92 Å². The molecule has 0 aromatic heterocycles. The zero-order valence-electron chi connectivity index (χ0n) is 26.3. The SMILES string of the molecule is CCCCCCCCCCCCCc1ccccc1OC(CC)OC(=O)C(C)CC[N+](C)(C)Cc1ccccc1. The van der Waals surface area contributed by atoms with Gasteiger partial charge in [0.25, 0.3) is 0 Å². The van der Waals surface area contributed by atoms with Crippen molar-refractivity contribution in [2.24, 2.45) is 5.92 Å². The summed E-state index contributed by atoms with van der Waals surface area (Å²) in [7, 11) is 4.44. The van der Waals surface area contributed by atoms with Crippen LogP contribution in [0.15, 0.2) is 54.6 Å². The van der Waals surface area contributed by atoms with Crippen molar-refractivity contribution in [1.29, 1.82) is 0 Å². The molecule has 0 radical (unpaired) electrons. The second-order valence-electron chi connectivity index (χ2n) is 12.3. The minimum absolute atomic E-state index is 0.169. The van der Waals surface area contributed by atoms with Crippen molar-refractivity contribution < 1.29 is 18.8 Å². The Morgan fingerprint density at radius 1 is 0.775 bits per heavy atom. The summed E-state index contributed by atoms with van der Waals surface area (Å²) in [5, 5.41) is 0. The molecule has 0 saturated heterocycles. The van der Waals surface area contributed by atoms with Crippen LogP contribution in [0.4, 0.5) is 0 Å². The summed E-state index contributed by atoms with van der Waals surface area (Å²) in [5.74, 6) is 0.509. The maximum Gasteiger partial charge on any atom is 0.311 e. The Balaban J connectivity index is 1.72. The molecule has 0 aliphatic carbocycles. The first-order chi connectivity index (χ1) is 19.3. The Hall–Kier alpha value is -2.33. The fourth-order valence-electron chi connectivity index (χ4n) is 5.20. The number of quaternary nitrogens is 1. The van der Waals surface area contributed by atoms with E-state index >= 15 is 0 Å². The zero-order chi connectivity index (χ0) is 29.1. The molecule has 0 saturated carbocycles. The number of carbonyl (C=O) groups is 1. The van der Waals surface area contributed by atoms with Crippen molar-refractivity contribution in [2.45, 2.75) is 123 Å². The number of aryl methyl sites for hydroxylation is 1. The molecule has 40 heavy (non-hydrogen) atoms. The molecule has 0 spiro atoms. The third kappa shape index (κ3) is 14.3. The van der Waals surface area contributed by atoms with Crippen molar-refractivity contribution in [3.63, 3.8) is 0 Å². The lowest BCUT2D eigenvalue weighted by Gasteiger charge is -2.31. The Morgan fingerprint density at radius 3 is 1.98 bits per heavy atom. The number of rotatable bonds is 22. The van der Waals surface area contributed by atoms with Crippen LogP contribution in [0.5, 0.6) is 5.75 Å². The molecule has 0 aliphatic heterocycles. The molecule has 2 atom stereocenters. The molecule has 0 amide bonds. The molecule has 0 heterocycles. The van der Waals surface area contributed by atoms with Crippen LogP contribution in [0.3, 0.4) is 0 Å². The van der Waals surface area contributed by atoms with Gasteiger partial charge in [0, 0.05) is 18.4 Å². The van der Waals surface area contributed by atoms with E-state index in [1.165, 1.54) is 81.8 Å². The fraction of sp³-hybridized carbons (Fsp3) is 0.639. The third-order valence-electron chi connectivity index (χ3n) is 7.88. The van der Waals surface area contributed by atoms with Crippen molar-refractivity contribution in [3.8, 4) is 5.75 Å². The van der Waals surface area contributed by atoms with E-state index in [1.54, 1.807) is 0 Å². The average Bonchev–Trinajstić information content (AvgIpc) is 2.95. The number of carbonyl (C=O) groups excluding carboxylic acids is 1. The maximum absolute atomic E-state index is 12.9. The lowest BCUT2D eigenvalue weighted by atomic mass is 10.0. The van der Waals surface area contributed by atoms with Gasteiger partial charge in [0.05, 0.1) is 26.6 Å². The van der Waals surface area contributed by atoms with E-state index in [1.807, 2.05) is 32.0 Å². The average molecular weight is 553 g/mol. The Bertz CT molecular complexity index is 927. The van der Waals surface area contributed by atoms with Crippen molar-refractivity contribution in [3.05, 3.63) is 65.7 Å². The number of esters is 1. The van der Waals surface area contributed by atoms with Gasteiger partial charge in [-0.3, -0.25) is 4.79 Å². The first-order valence-corrected chi connectivity index (χ1v) is 16.2. The van der Waals surface area contributed by atoms with Crippen molar-refractivity contribution >= 4 is 5.97 Å². The van der Waals surface area contributed by atoms with Crippen molar-refractivity contribution in [2.75, 3.05) is 20.6 Å². The molecule has 4 nitrogen and oxygen atoms in total. The van der Waals surface area contributed by atoms with E-state index in [0.29, 0.717) is 6.42 Å². The molecule has 0 N–H and O–H groups in total. The lowest BCUT2D eigenvalue weighted by molar-refractivity contribution is -0.904. The van der Waals surface area contributed by atoms with Gasteiger partial charge in [-0.2, -0.15) is 0 Å².